The van der Waals surface area contributed by atoms with Crippen molar-refractivity contribution in [3.8, 4) is 11.5 Å². The second-order valence-electron chi connectivity index (χ2n) is 7.14. The van der Waals surface area contributed by atoms with Crippen molar-refractivity contribution in [2.24, 2.45) is 0 Å². The first-order valence-electron chi connectivity index (χ1n) is 9.93. The third kappa shape index (κ3) is 6.13. The molecule has 0 spiro atoms. The van der Waals surface area contributed by atoms with E-state index in [-0.39, 0.29) is 6.61 Å². The van der Waals surface area contributed by atoms with Crippen LogP contribution in [0.25, 0.3) is 6.08 Å². The Morgan fingerprint density at radius 1 is 1.10 bits per heavy atom. The number of benzene rings is 2. The molecule has 3 rings (SSSR count). The molecule has 29 heavy (non-hydrogen) atoms. The number of aliphatic hydroxyl groups excluding tert-OH is 1. The van der Waals surface area contributed by atoms with E-state index in [9.17, 15) is 5.11 Å². The van der Waals surface area contributed by atoms with E-state index in [1.54, 1.807) is 7.11 Å². The minimum Gasteiger partial charge on any atom is -0.493 e. The Balaban J connectivity index is 1.46. The van der Waals surface area contributed by atoms with Gasteiger partial charge < -0.3 is 19.5 Å². The first kappa shape index (κ1) is 21.5. The number of ether oxygens (including phenoxy) is 2. The summed E-state index contributed by atoms with van der Waals surface area (Å²) in [5, 5.41) is 11.2. The van der Waals surface area contributed by atoms with Gasteiger partial charge in [-0.05, 0) is 42.8 Å². The first-order chi connectivity index (χ1) is 14.1. The lowest BCUT2D eigenvalue weighted by atomic mass is 10.2. The molecule has 0 aliphatic carbocycles. The molecule has 0 amide bonds. The maximum atomic E-state index is 10.4. The number of rotatable bonds is 8. The largest absolute Gasteiger partial charge is 0.493 e. The van der Waals surface area contributed by atoms with Gasteiger partial charge in [0.05, 0.1) is 7.11 Å². The Labute approximate surface area is 178 Å². The van der Waals surface area contributed by atoms with Gasteiger partial charge in [-0.1, -0.05) is 35.9 Å². The Morgan fingerprint density at radius 3 is 2.59 bits per heavy atom. The molecule has 0 bridgehead atoms. The lowest BCUT2D eigenvalue weighted by molar-refractivity contribution is 0.0653. The first-order valence-corrected chi connectivity index (χ1v) is 10.3. The fraction of sp³-hybridized carbons (Fsp3) is 0.391. The lowest BCUT2D eigenvalue weighted by Gasteiger charge is -2.36. The third-order valence-corrected chi connectivity index (χ3v) is 5.23. The van der Waals surface area contributed by atoms with E-state index in [0.717, 1.165) is 42.5 Å². The summed E-state index contributed by atoms with van der Waals surface area (Å²) in [5.41, 5.74) is 2.20. The van der Waals surface area contributed by atoms with Crippen molar-refractivity contribution < 1.29 is 14.6 Å². The maximum absolute atomic E-state index is 10.4. The fourth-order valence-corrected chi connectivity index (χ4v) is 3.68. The van der Waals surface area contributed by atoms with Gasteiger partial charge in [-0.25, -0.2) is 0 Å². The molecule has 156 valence electrons. The van der Waals surface area contributed by atoms with Crippen molar-refractivity contribution in [3.05, 3.63) is 59.1 Å². The summed E-state index contributed by atoms with van der Waals surface area (Å²) in [4.78, 5) is 4.59. The molecule has 1 N–H and O–H groups in total. The van der Waals surface area contributed by atoms with E-state index in [1.807, 2.05) is 55.5 Å². The Bertz CT molecular complexity index is 820. The highest BCUT2D eigenvalue weighted by Gasteiger charge is 2.20. The quantitative estimate of drug-likeness (QED) is 0.706. The lowest BCUT2D eigenvalue weighted by Crippen LogP contribution is -2.49. The van der Waals surface area contributed by atoms with E-state index >= 15 is 0 Å². The molecule has 0 radical (unpaired) electrons. The Hall–Kier alpha value is -2.21. The summed E-state index contributed by atoms with van der Waals surface area (Å²) < 4.78 is 11.2. The van der Waals surface area contributed by atoms with E-state index in [2.05, 4.69) is 15.9 Å². The summed E-state index contributed by atoms with van der Waals surface area (Å²) in [6, 6.07) is 13.7. The van der Waals surface area contributed by atoms with Gasteiger partial charge in [0, 0.05) is 43.4 Å². The van der Waals surface area contributed by atoms with Crippen molar-refractivity contribution in [1.82, 2.24) is 4.90 Å². The Morgan fingerprint density at radius 2 is 1.90 bits per heavy atom. The fourth-order valence-electron chi connectivity index (χ4n) is 3.50. The number of halogens is 1. The molecule has 1 aliphatic rings. The van der Waals surface area contributed by atoms with Crippen LogP contribution in [0, 0.1) is 0 Å². The van der Waals surface area contributed by atoms with Crippen LogP contribution in [0.15, 0.2) is 48.5 Å². The van der Waals surface area contributed by atoms with Gasteiger partial charge in [0.1, 0.15) is 12.7 Å². The molecular weight excluding hydrogens is 388 g/mol. The summed E-state index contributed by atoms with van der Waals surface area (Å²) in [6.07, 6.45) is 3.42. The van der Waals surface area contributed by atoms with Gasteiger partial charge in [-0.2, -0.15) is 0 Å². The van der Waals surface area contributed by atoms with Crippen LogP contribution in [0.3, 0.4) is 0 Å². The van der Waals surface area contributed by atoms with E-state index < -0.39 is 6.10 Å². The molecule has 2 aromatic carbocycles. The SMILES string of the molecule is C/C=C/c1ccc(OCC(O)CN2CCN(c3cccc(Cl)c3)CC2)c(OC)c1. The van der Waals surface area contributed by atoms with Crippen LogP contribution >= 0.6 is 11.6 Å². The molecule has 1 fully saturated rings. The van der Waals surface area contributed by atoms with Gasteiger partial charge >= 0.3 is 0 Å². The average molecular weight is 417 g/mol. The van der Waals surface area contributed by atoms with Gasteiger partial charge in [-0.15, -0.1) is 0 Å². The van der Waals surface area contributed by atoms with Crippen molar-refractivity contribution in [2.45, 2.75) is 13.0 Å². The molecule has 5 nitrogen and oxygen atoms in total. The van der Waals surface area contributed by atoms with Crippen LogP contribution < -0.4 is 14.4 Å². The van der Waals surface area contributed by atoms with E-state index in [0.29, 0.717) is 18.0 Å². The van der Waals surface area contributed by atoms with Crippen LogP contribution in [-0.2, 0) is 0 Å². The molecule has 1 unspecified atom stereocenters. The van der Waals surface area contributed by atoms with Gasteiger partial charge in [-0.3, -0.25) is 4.90 Å². The number of piperazine rings is 1. The smallest absolute Gasteiger partial charge is 0.161 e. The second kappa shape index (κ2) is 10.5. The van der Waals surface area contributed by atoms with Gasteiger partial charge in [0.15, 0.2) is 11.5 Å². The van der Waals surface area contributed by atoms with Crippen molar-refractivity contribution >= 4 is 23.4 Å². The number of allylic oxidation sites excluding steroid dienone is 1. The van der Waals surface area contributed by atoms with E-state index in [1.165, 1.54) is 0 Å². The number of hydrogen-bond acceptors (Lipinski definition) is 5. The number of aliphatic hydroxyl groups is 1. The van der Waals surface area contributed by atoms with Crippen LogP contribution in [0.2, 0.25) is 5.02 Å². The van der Waals surface area contributed by atoms with Crippen molar-refractivity contribution in [3.63, 3.8) is 0 Å². The van der Waals surface area contributed by atoms with Gasteiger partial charge in [0.25, 0.3) is 0 Å². The highest BCUT2D eigenvalue weighted by molar-refractivity contribution is 6.30. The standard InChI is InChI=1S/C23H29ClN2O3/c1-3-5-18-8-9-22(23(14-18)28-2)29-17-21(27)16-25-10-12-26(13-11-25)20-7-4-6-19(24)15-20/h3-9,14-15,21,27H,10-13,16-17H2,1-2H3/b5-3+. The molecule has 0 saturated carbocycles. The normalized spacial score (nSPS) is 16.2. The minimum absolute atomic E-state index is 0.230. The summed E-state index contributed by atoms with van der Waals surface area (Å²) in [6.45, 7) is 6.40. The number of β-amino-alcohol motifs (C(OH)–C–C–N with tert-alkyl or cyclic N) is 1. The summed E-state index contributed by atoms with van der Waals surface area (Å²) in [7, 11) is 1.62. The minimum atomic E-state index is -0.562. The average Bonchev–Trinajstić information content (AvgIpc) is 2.73. The van der Waals surface area contributed by atoms with Gasteiger partial charge in [0.2, 0.25) is 0 Å². The molecule has 1 atom stereocenters. The highest BCUT2D eigenvalue weighted by atomic mass is 35.5. The summed E-state index contributed by atoms with van der Waals surface area (Å²) >= 11 is 6.10. The molecular formula is C23H29ClN2O3. The maximum Gasteiger partial charge on any atom is 0.161 e. The highest BCUT2D eigenvalue weighted by Crippen LogP contribution is 2.28. The topological polar surface area (TPSA) is 45.2 Å². The molecule has 6 heteroatoms. The molecule has 1 heterocycles. The monoisotopic (exact) mass is 416 g/mol. The Kier molecular flexibility index (Phi) is 7.81. The second-order valence-corrected chi connectivity index (χ2v) is 7.58. The zero-order valence-corrected chi connectivity index (χ0v) is 17.8. The third-order valence-electron chi connectivity index (χ3n) is 4.99. The predicted molar refractivity (Wildman–Crippen MR) is 119 cm³/mol. The predicted octanol–water partition coefficient (Wildman–Crippen LogP) is 3.94. The van der Waals surface area contributed by atoms with E-state index in [4.69, 9.17) is 21.1 Å². The van der Waals surface area contributed by atoms with Crippen LogP contribution in [-0.4, -0.2) is 62.6 Å². The molecule has 0 aromatic heterocycles. The number of hydrogen-bond donors (Lipinski definition) is 1. The van der Waals surface area contributed by atoms with Crippen LogP contribution in [0.4, 0.5) is 5.69 Å². The molecule has 1 saturated heterocycles. The van der Waals surface area contributed by atoms with Crippen LogP contribution in [0.1, 0.15) is 12.5 Å². The molecule has 1 aliphatic heterocycles. The zero-order chi connectivity index (χ0) is 20.6. The summed E-state index contributed by atoms with van der Waals surface area (Å²) in [5.74, 6) is 1.31. The van der Waals surface area contributed by atoms with Crippen molar-refractivity contribution in [1.29, 1.82) is 0 Å². The number of anilines is 1. The van der Waals surface area contributed by atoms with Crippen LogP contribution in [0.5, 0.6) is 11.5 Å². The van der Waals surface area contributed by atoms with Crippen molar-refractivity contribution in [2.75, 3.05) is 51.3 Å². The zero-order valence-electron chi connectivity index (χ0n) is 17.1. The molecule has 2 aromatic rings. The number of nitrogens with zero attached hydrogens (tertiary/aromatic N) is 2. The number of methoxy groups -OCH3 is 1.